The molecule has 21 heavy (non-hydrogen) atoms. The summed E-state index contributed by atoms with van der Waals surface area (Å²) in [4.78, 5) is 9.87. The fraction of sp³-hybridized carbons (Fsp3) is 0.0769. The summed E-state index contributed by atoms with van der Waals surface area (Å²) in [6.45, 7) is 0. The molecule has 1 N–H and O–H groups in total. The molecule has 0 amide bonds. The van der Waals surface area contributed by atoms with Crippen molar-refractivity contribution < 1.29 is 18.1 Å². The van der Waals surface area contributed by atoms with E-state index in [2.05, 4.69) is 4.72 Å². The molecule has 0 atom stereocenters. The zero-order valence-electron chi connectivity index (χ0n) is 11.0. The molecule has 8 heteroatoms. The van der Waals surface area contributed by atoms with E-state index in [1.807, 2.05) is 0 Å². The summed E-state index contributed by atoms with van der Waals surface area (Å²) in [5.74, 6) is 0.591. The molecule has 0 heterocycles. The SMILES string of the molecule is COc1ccc(NS(=O)(=O)c2cccc([N+](=O)[O-])c2)cc1. The van der Waals surface area contributed by atoms with Crippen molar-refractivity contribution in [1.29, 1.82) is 0 Å². The van der Waals surface area contributed by atoms with Gasteiger partial charge in [-0.2, -0.15) is 0 Å². The van der Waals surface area contributed by atoms with Gasteiger partial charge in [-0.1, -0.05) is 6.07 Å². The van der Waals surface area contributed by atoms with Crippen LogP contribution < -0.4 is 9.46 Å². The summed E-state index contributed by atoms with van der Waals surface area (Å²) in [7, 11) is -2.38. The molecule has 110 valence electrons. The lowest BCUT2D eigenvalue weighted by Crippen LogP contribution is -2.13. The van der Waals surface area contributed by atoms with E-state index >= 15 is 0 Å². The van der Waals surface area contributed by atoms with Gasteiger partial charge in [0.15, 0.2) is 0 Å². The molecule has 7 nitrogen and oxygen atoms in total. The minimum atomic E-state index is -3.88. The number of non-ortho nitro benzene ring substituents is 1. The standard InChI is InChI=1S/C13H12N2O5S/c1-20-12-7-5-10(6-8-12)14-21(18,19)13-4-2-3-11(9-13)15(16)17/h2-9,14H,1H3. The Morgan fingerprint density at radius 1 is 1.14 bits per heavy atom. The number of nitro groups is 1. The highest BCUT2D eigenvalue weighted by atomic mass is 32.2. The van der Waals surface area contributed by atoms with Crippen molar-refractivity contribution in [3.8, 4) is 5.75 Å². The number of nitro benzene ring substituents is 1. The molecule has 0 spiro atoms. The number of ether oxygens (including phenoxy) is 1. The number of rotatable bonds is 5. The van der Waals surface area contributed by atoms with E-state index in [0.29, 0.717) is 11.4 Å². The van der Waals surface area contributed by atoms with Gasteiger partial charge in [-0.3, -0.25) is 14.8 Å². The average molecular weight is 308 g/mol. The van der Waals surface area contributed by atoms with E-state index < -0.39 is 14.9 Å². The van der Waals surface area contributed by atoms with Gasteiger partial charge < -0.3 is 4.74 Å². The van der Waals surface area contributed by atoms with Crippen LogP contribution in [0, 0.1) is 10.1 Å². The molecule has 0 unspecified atom stereocenters. The van der Waals surface area contributed by atoms with E-state index in [1.165, 1.54) is 37.4 Å². The normalized spacial score (nSPS) is 10.9. The highest BCUT2D eigenvalue weighted by Crippen LogP contribution is 2.21. The third-order valence-electron chi connectivity index (χ3n) is 2.68. The number of sulfonamides is 1. The third kappa shape index (κ3) is 3.48. The molecule has 0 radical (unpaired) electrons. The Morgan fingerprint density at radius 3 is 2.38 bits per heavy atom. The van der Waals surface area contributed by atoms with Crippen molar-refractivity contribution in [2.45, 2.75) is 4.90 Å². The molecule has 0 aliphatic heterocycles. The molecule has 0 bridgehead atoms. The van der Waals surface area contributed by atoms with Crippen LogP contribution in [0.3, 0.4) is 0 Å². The lowest BCUT2D eigenvalue weighted by atomic mass is 10.3. The lowest BCUT2D eigenvalue weighted by Gasteiger charge is -2.08. The molecule has 2 aromatic rings. The maximum Gasteiger partial charge on any atom is 0.270 e. The van der Waals surface area contributed by atoms with Crippen LogP contribution in [0.2, 0.25) is 0 Å². The van der Waals surface area contributed by atoms with Crippen LogP contribution in [0.25, 0.3) is 0 Å². The van der Waals surface area contributed by atoms with E-state index in [1.54, 1.807) is 12.1 Å². The van der Waals surface area contributed by atoms with Crippen LogP contribution in [0.4, 0.5) is 11.4 Å². The van der Waals surface area contributed by atoms with Gasteiger partial charge in [-0.05, 0) is 30.3 Å². The van der Waals surface area contributed by atoms with Gasteiger partial charge in [0.05, 0.1) is 16.9 Å². The van der Waals surface area contributed by atoms with Crippen LogP contribution in [0.5, 0.6) is 5.75 Å². The van der Waals surface area contributed by atoms with Gasteiger partial charge in [-0.25, -0.2) is 8.42 Å². The van der Waals surface area contributed by atoms with Crippen molar-refractivity contribution in [2.75, 3.05) is 11.8 Å². The molecule has 2 rings (SSSR count). The number of benzene rings is 2. The molecule has 0 aliphatic rings. The van der Waals surface area contributed by atoms with Crippen molar-refractivity contribution in [1.82, 2.24) is 0 Å². The molecule has 0 aromatic heterocycles. The largest absolute Gasteiger partial charge is 0.497 e. The first kappa shape index (κ1) is 14.8. The zero-order valence-corrected chi connectivity index (χ0v) is 11.8. The summed E-state index contributed by atoms with van der Waals surface area (Å²) in [6, 6.07) is 11.1. The Kier molecular flexibility index (Phi) is 4.08. The summed E-state index contributed by atoms with van der Waals surface area (Å²) in [5.41, 5.74) is 0.0508. The summed E-state index contributed by atoms with van der Waals surface area (Å²) in [6.07, 6.45) is 0. The predicted molar refractivity (Wildman–Crippen MR) is 76.9 cm³/mol. The van der Waals surface area contributed by atoms with Crippen molar-refractivity contribution >= 4 is 21.4 Å². The van der Waals surface area contributed by atoms with Gasteiger partial charge >= 0.3 is 0 Å². The molecule has 2 aromatic carbocycles. The highest BCUT2D eigenvalue weighted by molar-refractivity contribution is 7.92. The fourth-order valence-corrected chi connectivity index (χ4v) is 2.74. The van der Waals surface area contributed by atoms with E-state index in [9.17, 15) is 18.5 Å². The summed E-state index contributed by atoms with van der Waals surface area (Å²) in [5, 5.41) is 10.7. The second-order valence-electron chi connectivity index (χ2n) is 4.09. The fourth-order valence-electron chi connectivity index (χ4n) is 1.64. The molecule has 0 aliphatic carbocycles. The first-order valence-electron chi connectivity index (χ1n) is 5.84. The Labute approximate surface area is 121 Å². The van der Waals surface area contributed by atoms with E-state index in [4.69, 9.17) is 4.74 Å². The number of nitrogens with one attached hydrogen (secondary N) is 1. The first-order chi connectivity index (χ1) is 9.92. The lowest BCUT2D eigenvalue weighted by molar-refractivity contribution is -0.385. The minimum Gasteiger partial charge on any atom is -0.497 e. The maximum atomic E-state index is 12.2. The van der Waals surface area contributed by atoms with Crippen LogP contribution in [0.1, 0.15) is 0 Å². The topological polar surface area (TPSA) is 98.5 Å². The molecular formula is C13H12N2O5S. The molecular weight excluding hydrogens is 296 g/mol. The van der Waals surface area contributed by atoms with E-state index in [0.717, 1.165) is 6.07 Å². The van der Waals surface area contributed by atoms with Gasteiger partial charge in [0.25, 0.3) is 15.7 Å². The number of methoxy groups -OCH3 is 1. The Bertz CT molecular complexity index is 756. The number of anilines is 1. The first-order valence-corrected chi connectivity index (χ1v) is 7.32. The zero-order chi connectivity index (χ0) is 15.5. The number of hydrogen-bond donors (Lipinski definition) is 1. The van der Waals surface area contributed by atoms with Gasteiger partial charge in [0.1, 0.15) is 5.75 Å². The van der Waals surface area contributed by atoms with Gasteiger partial charge in [-0.15, -0.1) is 0 Å². The monoisotopic (exact) mass is 308 g/mol. The Morgan fingerprint density at radius 2 is 1.81 bits per heavy atom. The Balaban J connectivity index is 2.29. The minimum absolute atomic E-state index is 0.174. The average Bonchev–Trinajstić information content (AvgIpc) is 2.48. The molecule has 0 saturated carbocycles. The van der Waals surface area contributed by atoms with Crippen LogP contribution in [-0.2, 0) is 10.0 Å². The summed E-state index contributed by atoms with van der Waals surface area (Å²) >= 11 is 0. The van der Waals surface area contributed by atoms with E-state index in [-0.39, 0.29) is 10.6 Å². The molecule has 0 fully saturated rings. The highest BCUT2D eigenvalue weighted by Gasteiger charge is 2.17. The quantitative estimate of drug-likeness (QED) is 0.675. The van der Waals surface area contributed by atoms with Gasteiger partial charge in [0.2, 0.25) is 0 Å². The third-order valence-corrected chi connectivity index (χ3v) is 4.06. The smallest absolute Gasteiger partial charge is 0.270 e. The van der Waals surface area contributed by atoms with Crippen molar-refractivity contribution in [2.24, 2.45) is 0 Å². The Hall–Kier alpha value is -2.61. The van der Waals surface area contributed by atoms with Crippen molar-refractivity contribution in [3.05, 3.63) is 58.6 Å². The van der Waals surface area contributed by atoms with Crippen LogP contribution >= 0.6 is 0 Å². The predicted octanol–water partition coefficient (Wildman–Crippen LogP) is 2.40. The number of nitrogens with zero attached hydrogens (tertiary/aromatic N) is 1. The maximum absolute atomic E-state index is 12.2. The van der Waals surface area contributed by atoms with Crippen molar-refractivity contribution in [3.63, 3.8) is 0 Å². The second-order valence-corrected chi connectivity index (χ2v) is 5.77. The van der Waals surface area contributed by atoms with Crippen LogP contribution in [-0.4, -0.2) is 20.5 Å². The summed E-state index contributed by atoms with van der Waals surface area (Å²) < 4.78 is 31.7. The number of hydrogen-bond acceptors (Lipinski definition) is 5. The van der Waals surface area contributed by atoms with Crippen LogP contribution in [0.15, 0.2) is 53.4 Å². The molecule has 0 saturated heterocycles. The van der Waals surface area contributed by atoms with Gasteiger partial charge in [0, 0.05) is 17.8 Å². The second kappa shape index (κ2) is 5.80.